The standard InChI is InChI=1S/C27H42O4/c1-5-18(6-9-24(30)31-4)20-7-8-22-25-21(11-13-27(20,22)3)26(2)12-10-19(28)14-17(16-26)15-23(25)29/h5,17-22,25,28H,1,6-16H2,2-4H3/t17-,18?,19-,20?,21?,22?,25?,26+,27-/m1/s1. The van der Waals surface area contributed by atoms with Crippen LogP contribution in [0.3, 0.4) is 0 Å². The summed E-state index contributed by atoms with van der Waals surface area (Å²) >= 11 is 0. The third-order valence-electron chi connectivity index (χ3n) is 10.2. The maximum Gasteiger partial charge on any atom is 0.305 e. The molecule has 4 heteroatoms. The number of esters is 1. The summed E-state index contributed by atoms with van der Waals surface area (Å²) in [5.74, 6) is 2.58. The highest BCUT2D eigenvalue weighted by Crippen LogP contribution is 2.66. The number of aliphatic hydroxyl groups is 1. The third-order valence-corrected chi connectivity index (χ3v) is 10.2. The second-order valence-corrected chi connectivity index (χ2v) is 11.8. The minimum atomic E-state index is -0.232. The van der Waals surface area contributed by atoms with Gasteiger partial charge in [0.2, 0.25) is 0 Å². The van der Waals surface area contributed by atoms with Crippen LogP contribution in [0.5, 0.6) is 0 Å². The number of methoxy groups -OCH3 is 1. The lowest BCUT2D eigenvalue weighted by Gasteiger charge is -2.53. The van der Waals surface area contributed by atoms with Crippen LogP contribution in [0.2, 0.25) is 0 Å². The topological polar surface area (TPSA) is 63.6 Å². The first-order valence-electron chi connectivity index (χ1n) is 12.6. The smallest absolute Gasteiger partial charge is 0.305 e. The molecular weight excluding hydrogens is 388 g/mol. The fourth-order valence-corrected chi connectivity index (χ4v) is 8.74. The van der Waals surface area contributed by atoms with Gasteiger partial charge >= 0.3 is 5.97 Å². The van der Waals surface area contributed by atoms with E-state index in [9.17, 15) is 14.7 Å². The normalized spacial score (nSPS) is 45.6. The zero-order valence-corrected chi connectivity index (χ0v) is 19.8. The van der Waals surface area contributed by atoms with Gasteiger partial charge in [0.15, 0.2) is 0 Å². The molecule has 0 amide bonds. The second-order valence-electron chi connectivity index (χ2n) is 11.8. The Bertz CT molecular complexity index is 716. The molecule has 31 heavy (non-hydrogen) atoms. The number of ketones is 1. The molecule has 4 aliphatic rings. The van der Waals surface area contributed by atoms with Crippen molar-refractivity contribution < 1.29 is 19.4 Å². The molecule has 9 atom stereocenters. The van der Waals surface area contributed by atoms with E-state index in [1.807, 2.05) is 0 Å². The van der Waals surface area contributed by atoms with Crippen LogP contribution in [-0.2, 0) is 14.3 Å². The van der Waals surface area contributed by atoms with Crippen molar-refractivity contribution in [3.05, 3.63) is 12.7 Å². The molecule has 0 aromatic rings. The lowest BCUT2D eigenvalue weighted by molar-refractivity contribution is -0.141. The Morgan fingerprint density at radius 1 is 1.23 bits per heavy atom. The van der Waals surface area contributed by atoms with Gasteiger partial charge in [-0.15, -0.1) is 6.58 Å². The van der Waals surface area contributed by atoms with Gasteiger partial charge in [-0.2, -0.15) is 0 Å². The van der Waals surface area contributed by atoms with Crippen molar-refractivity contribution in [3.63, 3.8) is 0 Å². The van der Waals surface area contributed by atoms with Crippen LogP contribution in [0.1, 0.15) is 84.5 Å². The van der Waals surface area contributed by atoms with E-state index >= 15 is 0 Å². The number of hydrogen-bond donors (Lipinski definition) is 1. The average molecular weight is 431 g/mol. The summed E-state index contributed by atoms with van der Waals surface area (Å²) in [7, 11) is 1.45. The van der Waals surface area contributed by atoms with Gasteiger partial charge in [0.1, 0.15) is 5.78 Å². The molecule has 0 aliphatic heterocycles. The second kappa shape index (κ2) is 8.65. The molecule has 4 nitrogen and oxygen atoms in total. The van der Waals surface area contributed by atoms with E-state index in [0.717, 1.165) is 51.4 Å². The van der Waals surface area contributed by atoms with Crippen molar-refractivity contribution in [2.75, 3.05) is 7.11 Å². The highest BCUT2D eigenvalue weighted by atomic mass is 16.5. The first-order valence-corrected chi connectivity index (χ1v) is 12.6. The number of carbonyl (C=O) groups is 2. The molecular formula is C27H42O4. The van der Waals surface area contributed by atoms with Crippen molar-refractivity contribution in [3.8, 4) is 0 Å². The summed E-state index contributed by atoms with van der Waals surface area (Å²) in [4.78, 5) is 25.4. The summed E-state index contributed by atoms with van der Waals surface area (Å²) in [5, 5.41) is 10.4. The van der Waals surface area contributed by atoms with E-state index in [-0.39, 0.29) is 28.8 Å². The van der Waals surface area contributed by atoms with E-state index in [2.05, 4.69) is 26.5 Å². The van der Waals surface area contributed by atoms with Gasteiger partial charge in [-0.05, 0) is 98.2 Å². The van der Waals surface area contributed by atoms with Crippen molar-refractivity contribution in [1.29, 1.82) is 0 Å². The Kier molecular flexibility index (Phi) is 6.42. The van der Waals surface area contributed by atoms with Gasteiger partial charge in [0, 0.05) is 18.8 Å². The number of aliphatic hydroxyl groups excluding tert-OH is 1. The summed E-state index contributed by atoms with van der Waals surface area (Å²) < 4.78 is 4.87. The summed E-state index contributed by atoms with van der Waals surface area (Å²) in [6.07, 6.45) is 12.1. The Labute approximate surface area is 188 Å². The van der Waals surface area contributed by atoms with Crippen LogP contribution in [0.25, 0.3) is 0 Å². The van der Waals surface area contributed by atoms with E-state index in [0.29, 0.717) is 48.2 Å². The maximum atomic E-state index is 13.7. The van der Waals surface area contributed by atoms with Crippen molar-refractivity contribution in [2.45, 2.75) is 90.6 Å². The predicted molar refractivity (Wildman–Crippen MR) is 121 cm³/mol. The molecule has 1 N–H and O–H groups in total. The first kappa shape index (κ1) is 23.0. The SMILES string of the molecule is C=CC(CCC(=O)OC)C1CCC2C3C(=O)C[C@H]4C[C@H](O)CC[C@@](C)(C4)C3CC[C@]12C. The highest BCUT2D eigenvalue weighted by molar-refractivity contribution is 5.82. The fraction of sp³-hybridized carbons (Fsp3) is 0.852. The van der Waals surface area contributed by atoms with Gasteiger partial charge in [-0.1, -0.05) is 19.9 Å². The summed E-state index contributed by atoms with van der Waals surface area (Å²) in [6.45, 7) is 8.98. The predicted octanol–water partition coefficient (Wildman–Crippen LogP) is 5.33. The first-order chi connectivity index (χ1) is 14.7. The lowest BCUT2D eigenvalue weighted by Crippen LogP contribution is -2.49. The minimum Gasteiger partial charge on any atom is -0.469 e. The molecule has 4 saturated carbocycles. The molecule has 2 bridgehead atoms. The fourth-order valence-electron chi connectivity index (χ4n) is 8.74. The number of ether oxygens (including phenoxy) is 1. The Morgan fingerprint density at radius 3 is 2.71 bits per heavy atom. The average Bonchev–Trinajstić information content (AvgIpc) is 2.94. The summed E-state index contributed by atoms with van der Waals surface area (Å²) in [5.41, 5.74) is 0.331. The number of Topliss-reactive ketones (excluding diaryl/α,β-unsaturated/α-hetero) is 1. The Balaban J connectivity index is 1.59. The molecule has 4 rings (SSSR count). The van der Waals surface area contributed by atoms with Gasteiger partial charge in [0.05, 0.1) is 13.2 Å². The van der Waals surface area contributed by atoms with Crippen LogP contribution < -0.4 is 0 Å². The number of rotatable bonds is 5. The van der Waals surface area contributed by atoms with E-state index < -0.39 is 0 Å². The Hall–Kier alpha value is -1.16. The van der Waals surface area contributed by atoms with Gasteiger partial charge in [-0.25, -0.2) is 0 Å². The quantitative estimate of drug-likeness (QED) is 0.473. The molecule has 0 heterocycles. The van der Waals surface area contributed by atoms with Crippen LogP contribution in [0, 0.1) is 46.3 Å². The molecule has 4 aliphatic carbocycles. The zero-order valence-electron chi connectivity index (χ0n) is 19.8. The largest absolute Gasteiger partial charge is 0.469 e. The van der Waals surface area contributed by atoms with Gasteiger partial charge in [-0.3, -0.25) is 9.59 Å². The lowest BCUT2D eigenvalue weighted by atomic mass is 9.51. The van der Waals surface area contributed by atoms with Crippen LogP contribution in [0.4, 0.5) is 0 Å². The number of carbonyl (C=O) groups excluding carboxylic acids is 2. The van der Waals surface area contributed by atoms with Gasteiger partial charge in [0.25, 0.3) is 0 Å². The molecule has 174 valence electrons. The Morgan fingerprint density at radius 2 is 2.00 bits per heavy atom. The monoisotopic (exact) mass is 430 g/mol. The van der Waals surface area contributed by atoms with Crippen LogP contribution in [-0.4, -0.2) is 30.1 Å². The van der Waals surface area contributed by atoms with Gasteiger partial charge < -0.3 is 9.84 Å². The van der Waals surface area contributed by atoms with E-state index in [1.165, 1.54) is 13.5 Å². The molecule has 0 aromatic heterocycles. The van der Waals surface area contributed by atoms with Crippen molar-refractivity contribution >= 4 is 11.8 Å². The maximum absolute atomic E-state index is 13.7. The third kappa shape index (κ3) is 4.03. The zero-order chi connectivity index (χ0) is 22.4. The molecule has 5 unspecified atom stereocenters. The van der Waals surface area contributed by atoms with Crippen LogP contribution in [0.15, 0.2) is 12.7 Å². The number of allylic oxidation sites excluding steroid dienone is 1. The number of hydrogen-bond acceptors (Lipinski definition) is 4. The molecule has 4 fully saturated rings. The van der Waals surface area contributed by atoms with Crippen molar-refractivity contribution in [2.24, 2.45) is 46.3 Å². The van der Waals surface area contributed by atoms with E-state index in [1.54, 1.807) is 0 Å². The number of fused-ring (bicyclic) bond motifs is 6. The summed E-state index contributed by atoms with van der Waals surface area (Å²) in [6, 6.07) is 0. The highest BCUT2D eigenvalue weighted by Gasteiger charge is 2.60. The van der Waals surface area contributed by atoms with Crippen LogP contribution >= 0.6 is 0 Å². The molecule has 0 radical (unpaired) electrons. The molecule has 0 spiro atoms. The van der Waals surface area contributed by atoms with E-state index in [4.69, 9.17) is 4.74 Å². The molecule has 0 saturated heterocycles. The van der Waals surface area contributed by atoms with Crippen molar-refractivity contribution in [1.82, 2.24) is 0 Å². The minimum absolute atomic E-state index is 0.146. The molecule has 0 aromatic carbocycles.